The van der Waals surface area contributed by atoms with E-state index in [9.17, 15) is 4.79 Å². The van der Waals surface area contributed by atoms with Gasteiger partial charge in [0.25, 0.3) is 0 Å². The molecule has 0 radical (unpaired) electrons. The quantitative estimate of drug-likeness (QED) is 0.571. The molecule has 0 amide bonds. The first-order chi connectivity index (χ1) is 3.89. The van der Waals surface area contributed by atoms with Gasteiger partial charge in [-0.2, -0.15) is 0 Å². The standard InChI is InChI=1S/C6H13NO2/c1-4(2)6(3,7)5(8)9/h4H,7H2,1-3H3,(H,8,9)/t6-/m0/s1. The number of aliphatic carboxylic acids is 1. The second-order valence-corrected chi connectivity index (χ2v) is 2.74. The van der Waals surface area contributed by atoms with Crippen molar-refractivity contribution < 1.29 is 9.90 Å². The van der Waals surface area contributed by atoms with Crippen LogP contribution in [-0.2, 0) is 4.79 Å². The molecule has 3 N–H and O–H groups in total. The smallest absolute Gasteiger partial charge is 0.323 e. The summed E-state index contributed by atoms with van der Waals surface area (Å²) in [5.74, 6) is -0.979. The minimum absolute atomic E-state index is 0.0324. The summed E-state index contributed by atoms with van der Waals surface area (Å²) >= 11 is 0. The van der Waals surface area contributed by atoms with Crippen molar-refractivity contribution in [3.05, 3.63) is 0 Å². The van der Waals surface area contributed by atoms with E-state index in [1.807, 2.05) is 0 Å². The minimum atomic E-state index is -1.08. The van der Waals surface area contributed by atoms with Crippen molar-refractivity contribution in [2.75, 3.05) is 0 Å². The number of carbonyl (C=O) groups is 1. The van der Waals surface area contributed by atoms with Crippen molar-refractivity contribution in [1.29, 1.82) is 0 Å². The summed E-state index contributed by atoms with van der Waals surface area (Å²) in [5, 5.41) is 8.49. The highest BCUT2D eigenvalue weighted by atomic mass is 16.4. The van der Waals surface area contributed by atoms with Gasteiger partial charge in [-0.25, -0.2) is 0 Å². The highest BCUT2D eigenvalue weighted by Crippen LogP contribution is 2.11. The van der Waals surface area contributed by atoms with Crippen molar-refractivity contribution in [3.8, 4) is 0 Å². The average Bonchev–Trinajstić information content (AvgIpc) is 1.65. The van der Waals surface area contributed by atoms with E-state index >= 15 is 0 Å². The van der Waals surface area contributed by atoms with E-state index in [4.69, 9.17) is 10.8 Å². The van der Waals surface area contributed by atoms with Crippen LogP contribution in [0.5, 0.6) is 0 Å². The van der Waals surface area contributed by atoms with Crippen LogP contribution >= 0.6 is 0 Å². The maximum atomic E-state index is 10.3. The summed E-state index contributed by atoms with van der Waals surface area (Å²) in [4.78, 5) is 10.3. The fourth-order valence-electron chi connectivity index (χ4n) is 0.247. The summed E-state index contributed by atoms with van der Waals surface area (Å²) in [6, 6.07) is 0. The number of hydrogen-bond donors (Lipinski definition) is 2. The third kappa shape index (κ3) is 1.68. The maximum Gasteiger partial charge on any atom is 0.323 e. The molecule has 54 valence electrons. The van der Waals surface area contributed by atoms with Gasteiger partial charge in [0.05, 0.1) is 0 Å². The molecule has 0 fully saturated rings. The monoisotopic (exact) mass is 131 g/mol. The summed E-state index contributed by atoms with van der Waals surface area (Å²) in [5.41, 5.74) is 4.32. The number of rotatable bonds is 2. The average molecular weight is 131 g/mol. The van der Waals surface area contributed by atoms with Crippen LogP contribution in [-0.4, -0.2) is 16.6 Å². The van der Waals surface area contributed by atoms with Gasteiger partial charge in [-0.15, -0.1) is 0 Å². The van der Waals surface area contributed by atoms with Gasteiger partial charge in [-0.1, -0.05) is 13.8 Å². The van der Waals surface area contributed by atoms with E-state index in [1.165, 1.54) is 6.92 Å². The predicted octanol–water partition coefficient (Wildman–Crippen LogP) is 0.444. The molecule has 0 rings (SSSR count). The number of carboxylic acids is 1. The Morgan fingerprint density at radius 2 is 2.00 bits per heavy atom. The lowest BCUT2D eigenvalue weighted by Crippen LogP contribution is -2.49. The summed E-state index contributed by atoms with van der Waals surface area (Å²) < 4.78 is 0. The molecular formula is C6H13NO2. The molecule has 0 heterocycles. The Kier molecular flexibility index (Phi) is 2.20. The number of nitrogens with two attached hydrogens (primary N) is 1. The van der Waals surface area contributed by atoms with Gasteiger partial charge < -0.3 is 10.8 Å². The van der Waals surface area contributed by atoms with E-state index in [-0.39, 0.29) is 5.92 Å². The Bertz CT molecular complexity index is 118. The molecule has 0 saturated carbocycles. The highest BCUT2D eigenvalue weighted by Gasteiger charge is 2.31. The summed E-state index contributed by atoms with van der Waals surface area (Å²) in [6.07, 6.45) is 0. The zero-order valence-corrected chi connectivity index (χ0v) is 6.01. The van der Waals surface area contributed by atoms with E-state index < -0.39 is 11.5 Å². The molecule has 0 aliphatic carbocycles. The molecule has 0 saturated heterocycles. The van der Waals surface area contributed by atoms with Gasteiger partial charge in [0.1, 0.15) is 5.54 Å². The lowest BCUT2D eigenvalue weighted by molar-refractivity contribution is -0.144. The SMILES string of the molecule is CC(C)[C@](C)(N)C(=O)O. The lowest BCUT2D eigenvalue weighted by atomic mass is 9.90. The van der Waals surface area contributed by atoms with Crippen molar-refractivity contribution in [1.82, 2.24) is 0 Å². The van der Waals surface area contributed by atoms with Crippen molar-refractivity contribution in [3.63, 3.8) is 0 Å². The van der Waals surface area contributed by atoms with Crippen LogP contribution in [0, 0.1) is 5.92 Å². The van der Waals surface area contributed by atoms with Gasteiger partial charge in [0, 0.05) is 0 Å². The van der Waals surface area contributed by atoms with E-state index in [2.05, 4.69) is 0 Å². The first-order valence-corrected chi connectivity index (χ1v) is 2.91. The Hall–Kier alpha value is -0.570. The molecule has 0 spiro atoms. The first-order valence-electron chi connectivity index (χ1n) is 2.91. The Labute approximate surface area is 54.9 Å². The molecule has 1 atom stereocenters. The molecule has 0 unspecified atom stereocenters. The Morgan fingerprint density at radius 3 is 2.00 bits per heavy atom. The molecule has 0 bridgehead atoms. The normalized spacial score (nSPS) is 17.4. The van der Waals surface area contributed by atoms with Crippen LogP contribution in [0.15, 0.2) is 0 Å². The van der Waals surface area contributed by atoms with E-state index in [1.54, 1.807) is 13.8 Å². The second-order valence-electron chi connectivity index (χ2n) is 2.74. The third-order valence-corrected chi connectivity index (χ3v) is 1.66. The molecule has 3 heteroatoms. The molecule has 0 aromatic heterocycles. The summed E-state index contributed by atoms with van der Waals surface area (Å²) in [6.45, 7) is 5.09. The Morgan fingerprint density at radius 1 is 1.67 bits per heavy atom. The van der Waals surface area contributed by atoms with Crippen LogP contribution in [0.4, 0.5) is 0 Å². The largest absolute Gasteiger partial charge is 0.480 e. The van der Waals surface area contributed by atoms with Crippen LogP contribution < -0.4 is 5.73 Å². The van der Waals surface area contributed by atoms with Crippen LogP contribution in [0.3, 0.4) is 0 Å². The van der Waals surface area contributed by atoms with Crippen LogP contribution in [0.25, 0.3) is 0 Å². The predicted molar refractivity (Wildman–Crippen MR) is 35.1 cm³/mol. The molecule has 0 aliphatic rings. The fourth-order valence-corrected chi connectivity index (χ4v) is 0.247. The highest BCUT2D eigenvalue weighted by molar-refractivity contribution is 5.78. The number of hydrogen-bond acceptors (Lipinski definition) is 2. The van der Waals surface area contributed by atoms with Crippen molar-refractivity contribution in [2.45, 2.75) is 26.3 Å². The molecule has 3 nitrogen and oxygen atoms in total. The van der Waals surface area contributed by atoms with Crippen molar-refractivity contribution >= 4 is 5.97 Å². The van der Waals surface area contributed by atoms with E-state index in [0.29, 0.717) is 0 Å². The van der Waals surface area contributed by atoms with Gasteiger partial charge in [-0.3, -0.25) is 4.79 Å². The van der Waals surface area contributed by atoms with E-state index in [0.717, 1.165) is 0 Å². The van der Waals surface area contributed by atoms with Crippen molar-refractivity contribution in [2.24, 2.45) is 11.7 Å². The summed E-state index contributed by atoms with van der Waals surface area (Å²) in [7, 11) is 0. The van der Waals surface area contributed by atoms with Gasteiger partial charge in [-0.05, 0) is 12.8 Å². The van der Waals surface area contributed by atoms with Crippen LogP contribution in [0.2, 0.25) is 0 Å². The second kappa shape index (κ2) is 2.35. The fraction of sp³-hybridized carbons (Fsp3) is 0.833. The molecule has 9 heavy (non-hydrogen) atoms. The van der Waals surface area contributed by atoms with Gasteiger partial charge in [0.2, 0.25) is 0 Å². The lowest BCUT2D eigenvalue weighted by Gasteiger charge is -2.22. The zero-order valence-electron chi connectivity index (χ0n) is 6.01. The van der Waals surface area contributed by atoms with Gasteiger partial charge >= 0.3 is 5.97 Å². The minimum Gasteiger partial charge on any atom is -0.480 e. The third-order valence-electron chi connectivity index (χ3n) is 1.66. The zero-order chi connectivity index (χ0) is 7.65. The molecule has 0 aromatic carbocycles. The molecule has 0 aromatic rings. The Balaban J connectivity index is 4.19. The van der Waals surface area contributed by atoms with Crippen LogP contribution in [0.1, 0.15) is 20.8 Å². The molecule has 0 aliphatic heterocycles. The molecular weight excluding hydrogens is 118 g/mol. The van der Waals surface area contributed by atoms with Gasteiger partial charge in [0.15, 0.2) is 0 Å². The topological polar surface area (TPSA) is 63.3 Å². The maximum absolute atomic E-state index is 10.3. The first kappa shape index (κ1) is 8.43. The number of carboxylic acid groups (broad SMARTS) is 1.